The number of thioether (sulfide) groups is 1. The minimum absolute atomic E-state index is 0.0739. The summed E-state index contributed by atoms with van der Waals surface area (Å²) < 4.78 is 27.8. The molecule has 1 amide bonds. The molecule has 0 spiro atoms. The SMILES string of the molecule is Cc1cccc(N(CC(=O)NCCCSCc2ccc(Cl)cc2)S(=O)(=O)c2ccc(Cl)cc2)c1. The van der Waals surface area contributed by atoms with E-state index < -0.39 is 10.0 Å². The smallest absolute Gasteiger partial charge is 0.264 e. The number of nitrogens with one attached hydrogen (secondary N) is 1. The molecule has 3 aromatic rings. The van der Waals surface area contributed by atoms with Crippen LogP contribution >= 0.6 is 35.0 Å². The Bertz CT molecular complexity index is 1200. The molecule has 3 rings (SSSR count). The molecule has 0 atom stereocenters. The van der Waals surface area contributed by atoms with E-state index in [4.69, 9.17) is 23.2 Å². The Hall–Kier alpha value is -2.19. The van der Waals surface area contributed by atoms with E-state index in [0.717, 1.165) is 27.8 Å². The highest BCUT2D eigenvalue weighted by Gasteiger charge is 2.27. The van der Waals surface area contributed by atoms with E-state index in [-0.39, 0.29) is 17.3 Å². The van der Waals surface area contributed by atoms with E-state index in [1.807, 2.05) is 37.3 Å². The number of halogens is 2. The number of aryl methyl sites for hydroxylation is 1. The summed E-state index contributed by atoms with van der Waals surface area (Å²) in [5, 5.41) is 3.99. The lowest BCUT2D eigenvalue weighted by Gasteiger charge is -2.24. The maximum atomic E-state index is 13.4. The van der Waals surface area contributed by atoms with Crippen LogP contribution in [0, 0.1) is 6.92 Å². The number of amides is 1. The quantitative estimate of drug-likeness (QED) is 0.308. The van der Waals surface area contributed by atoms with Crippen LogP contribution in [0.4, 0.5) is 5.69 Å². The van der Waals surface area contributed by atoms with Crippen molar-refractivity contribution < 1.29 is 13.2 Å². The van der Waals surface area contributed by atoms with Gasteiger partial charge in [0, 0.05) is 22.3 Å². The zero-order chi connectivity index (χ0) is 24.6. The van der Waals surface area contributed by atoms with Gasteiger partial charge in [-0.3, -0.25) is 9.10 Å². The molecule has 0 heterocycles. The van der Waals surface area contributed by atoms with Crippen molar-refractivity contribution in [2.75, 3.05) is 23.1 Å². The van der Waals surface area contributed by atoms with Crippen molar-refractivity contribution in [1.82, 2.24) is 5.32 Å². The van der Waals surface area contributed by atoms with E-state index in [1.54, 1.807) is 30.0 Å². The van der Waals surface area contributed by atoms with Crippen LogP contribution in [0.3, 0.4) is 0 Å². The van der Waals surface area contributed by atoms with Crippen molar-refractivity contribution in [3.05, 3.63) is 94.0 Å². The molecule has 5 nitrogen and oxygen atoms in total. The van der Waals surface area contributed by atoms with Gasteiger partial charge in [0.25, 0.3) is 10.0 Å². The van der Waals surface area contributed by atoms with Gasteiger partial charge in [0.15, 0.2) is 0 Å². The molecule has 0 aromatic heterocycles. The second kappa shape index (κ2) is 12.5. The molecule has 0 aliphatic heterocycles. The summed E-state index contributed by atoms with van der Waals surface area (Å²) in [6.45, 7) is 2.03. The zero-order valence-electron chi connectivity index (χ0n) is 18.7. The number of benzene rings is 3. The summed E-state index contributed by atoms with van der Waals surface area (Å²) in [4.78, 5) is 12.7. The monoisotopic (exact) mass is 536 g/mol. The Labute approximate surface area is 215 Å². The van der Waals surface area contributed by atoms with Crippen molar-refractivity contribution in [3.8, 4) is 0 Å². The maximum absolute atomic E-state index is 13.4. The van der Waals surface area contributed by atoms with Gasteiger partial charge < -0.3 is 5.32 Å². The molecule has 0 aliphatic rings. The van der Waals surface area contributed by atoms with E-state index in [2.05, 4.69) is 5.32 Å². The number of anilines is 1. The fraction of sp³-hybridized carbons (Fsp3) is 0.240. The highest BCUT2D eigenvalue weighted by Crippen LogP contribution is 2.25. The topological polar surface area (TPSA) is 66.5 Å². The van der Waals surface area contributed by atoms with Gasteiger partial charge in [-0.2, -0.15) is 11.8 Å². The first-order chi connectivity index (χ1) is 16.3. The summed E-state index contributed by atoms with van der Waals surface area (Å²) in [5.41, 5.74) is 2.52. The third kappa shape index (κ3) is 7.67. The minimum Gasteiger partial charge on any atom is -0.354 e. The average molecular weight is 538 g/mol. The van der Waals surface area contributed by atoms with Gasteiger partial charge >= 0.3 is 0 Å². The van der Waals surface area contributed by atoms with Crippen molar-refractivity contribution in [2.45, 2.75) is 24.0 Å². The van der Waals surface area contributed by atoms with Crippen LogP contribution in [0.2, 0.25) is 10.0 Å². The molecule has 0 radical (unpaired) electrons. The Kier molecular flexibility index (Phi) is 9.71. The van der Waals surface area contributed by atoms with E-state index in [0.29, 0.717) is 22.3 Å². The van der Waals surface area contributed by atoms with Crippen molar-refractivity contribution in [3.63, 3.8) is 0 Å². The van der Waals surface area contributed by atoms with Gasteiger partial charge in [-0.1, -0.05) is 47.5 Å². The normalized spacial score (nSPS) is 11.3. The van der Waals surface area contributed by atoms with Crippen molar-refractivity contribution in [1.29, 1.82) is 0 Å². The molecule has 0 saturated carbocycles. The van der Waals surface area contributed by atoms with Gasteiger partial charge in [0.1, 0.15) is 6.54 Å². The number of hydrogen-bond acceptors (Lipinski definition) is 4. The Morgan fingerprint density at radius 1 is 0.971 bits per heavy atom. The van der Waals surface area contributed by atoms with Crippen LogP contribution in [-0.2, 0) is 20.6 Å². The summed E-state index contributed by atoms with van der Waals surface area (Å²) in [6.07, 6.45) is 0.776. The fourth-order valence-electron chi connectivity index (χ4n) is 3.19. The average Bonchev–Trinajstić information content (AvgIpc) is 2.81. The highest BCUT2D eigenvalue weighted by molar-refractivity contribution is 7.98. The van der Waals surface area contributed by atoms with Gasteiger partial charge in [0.2, 0.25) is 5.91 Å². The number of sulfonamides is 1. The van der Waals surface area contributed by atoms with Crippen LogP contribution < -0.4 is 9.62 Å². The predicted molar refractivity (Wildman–Crippen MR) is 142 cm³/mol. The molecule has 0 fully saturated rings. The first-order valence-corrected chi connectivity index (χ1v) is 14.0. The fourth-order valence-corrected chi connectivity index (χ4v) is 5.78. The number of rotatable bonds is 11. The number of carbonyl (C=O) groups is 1. The standard InChI is InChI=1S/C25H26Cl2N2O3S2/c1-19-4-2-5-23(16-19)29(34(31,32)24-12-10-22(27)11-13-24)17-25(30)28-14-3-15-33-18-20-6-8-21(26)9-7-20/h2,4-13,16H,3,14-15,17-18H2,1H3,(H,28,30). The van der Waals surface area contributed by atoms with E-state index >= 15 is 0 Å². The molecular formula is C25H26Cl2N2O3S2. The van der Waals surface area contributed by atoms with E-state index in [1.165, 1.54) is 29.8 Å². The molecule has 9 heteroatoms. The lowest BCUT2D eigenvalue weighted by atomic mass is 10.2. The van der Waals surface area contributed by atoms with Gasteiger partial charge in [-0.05, 0) is 78.8 Å². The van der Waals surface area contributed by atoms with Gasteiger partial charge in [-0.25, -0.2) is 8.42 Å². The molecular weight excluding hydrogens is 511 g/mol. The summed E-state index contributed by atoms with van der Waals surface area (Å²) in [7, 11) is -3.96. The van der Waals surface area contributed by atoms with E-state index in [9.17, 15) is 13.2 Å². The molecule has 1 N–H and O–H groups in total. The molecule has 0 saturated heterocycles. The third-order valence-corrected chi connectivity index (χ3v) is 8.35. The Morgan fingerprint density at radius 2 is 1.62 bits per heavy atom. The second-order valence-electron chi connectivity index (χ2n) is 7.69. The van der Waals surface area contributed by atoms with Crippen LogP contribution in [0.1, 0.15) is 17.5 Å². The van der Waals surface area contributed by atoms with Crippen LogP contribution in [0.15, 0.2) is 77.7 Å². The first-order valence-electron chi connectivity index (χ1n) is 10.7. The number of nitrogens with zero attached hydrogens (tertiary/aromatic N) is 1. The summed E-state index contributed by atoms with van der Waals surface area (Å²) in [5.74, 6) is 1.38. The lowest BCUT2D eigenvalue weighted by molar-refractivity contribution is -0.119. The first kappa shape index (κ1) is 26.4. The second-order valence-corrected chi connectivity index (χ2v) is 11.5. The third-order valence-electron chi connectivity index (χ3n) is 4.95. The molecule has 180 valence electrons. The Balaban J connectivity index is 1.58. The zero-order valence-corrected chi connectivity index (χ0v) is 21.9. The van der Waals surface area contributed by atoms with Crippen molar-refractivity contribution in [2.24, 2.45) is 0 Å². The van der Waals surface area contributed by atoms with Crippen molar-refractivity contribution >= 4 is 56.6 Å². The Morgan fingerprint density at radius 3 is 2.26 bits per heavy atom. The van der Waals surface area contributed by atoms with Gasteiger partial charge in [-0.15, -0.1) is 0 Å². The molecule has 0 aliphatic carbocycles. The summed E-state index contributed by atoms with van der Waals surface area (Å²) >= 11 is 13.6. The van der Waals surface area contributed by atoms with Crippen LogP contribution in [0.5, 0.6) is 0 Å². The molecule has 0 bridgehead atoms. The highest BCUT2D eigenvalue weighted by atomic mass is 35.5. The summed E-state index contributed by atoms with van der Waals surface area (Å²) in [6, 6.07) is 20.7. The minimum atomic E-state index is -3.96. The van der Waals surface area contributed by atoms with Crippen LogP contribution in [0.25, 0.3) is 0 Å². The maximum Gasteiger partial charge on any atom is 0.264 e. The molecule has 3 aromatic carbocycles. The lowest BCUT2D eigenvalue weighted by Crippen LogP contribution is -2.41. The van der Waals surface area contributed by atoms with Crippen LogP contribution in [-0.4, -0.2) is 33.2 Å². The predicted octanol–water partition coefficient (Wildman–Crippen LogP) is 5.94. The molecule has 34 heavy (non-hydrogen) atoms. The van der Waals surface area contributed by atoms with Gasteiger partial charge in [0.05, 0.1) is 10.6 Å². The molecule has 0 unspecified atom stereocenters. The largest absolute Gasteiger partial charge is 0.354 e. The number of hydrogen-bond donors (Lipinski definition) is 1. The number of carbonyl (C=O) groups excluding carboxylic acids is 1.